The van der Waals surface area contributed by atoms with E-state index in [0.717, 1.165) is 34.0 Å². The zero-order valence-corrected chi connectivity index (χ0v) is 16.5. The van der Waals surface area contributed by atoms with Gasteiger partial charge in [0.25, 0.3) is 0 Å². The molecule has 0 atom stereocenters. The lowest BCUT2D eigenvalue weighted by Crippen LogP contribution is -2.29. The summed E-state index contributed by atoms with van der Waals surface area (Å²) in [6.07, 6.45) is 3.96. The molecule has 0 aliphatic rings. The van der Waals surface area contributed by atoms with Crippen LogP contribution in [-0.4, -0.2) is 20.4 Å². The number of benzene rings is 2. The number of para-hydroxylation sites is 2. The van der Waals surface area contributed by atoms with Gasteiger partial charge in [-0.3, -0.25) is 0 Å². The number of aromatic nitrogens is 3. The van der Waals surface area contributed by atoms with Crippen molar-refractivity contribution in [3.63, 3.8) is 0 Å². The van der Waals surface area contributed by atoms with Crippen molar-refractivity contribution in [2.75, 3.05) is 5.32 Å². The van der Waals surface area contributed by atoms with E-state index in [1.807, 2.05) is 102 Å². The summed E-state index contributed by atoms with van der Waals surface area (Å²) in [4.78, 5) is 12.5. The largest absolute Gasteiger partial charge is 0.334 e. The number of hydrogen-bond donors (Lipinski definition) is 2. The summed E-state index contributed by atoms with van der Waals surface area (Å²) < 4.78 is 3.93. The fourth-order valence-electron chi connectivity index (χ4n) is 3.29. The summed E-state index contributed by atoms with van der Waals surface area (Å²) in [6.45, 7) is 4.29. The van der Waals surface area contributed by atoms with Crippen LogP contribution in [0.15, 0.2) is 79.1 Å². The van der Waals surface area contributed by atoms with Crippen molar-refractivity contribution in [1.29, 1.82) is 0 Å². The number of hydrogen-bond acceptors (Lipinski definition) is 2. The van der Waals surface area contributed by atoms with Gasteiger partial charge >= 0.3 is 6.03 Å². The van der Waals surface area contributed by atoms with E-state index in [-0.39, 0.29) is 6.03 Å². The summed E-state index contributed by atoms with van der Waals surface area (Å²) >= 11 is 0. The molecule has 0 unspecified atom stereocenters. The zero-order valence-electron chi connectivity index (χ0n) is 16.5. The smallest absolute Gasteiger partial charge is 0.319 e. The number of nitrogens with zero attached hydrogens (tertiary/aromatic N) is 3. The number of anilines is 1. The van der Waals surface area contributed by atoms with Crippen LogP contribution in [0.25, 0.3) is 11.5 Å². The minimum absolute atomic E-state index is 0.246. The van der Waals surface area contributed by atoms with Gasteiger partial charge in [-0.25, -0.2) is 9.48 Å². The number of carbonyl (C=O) groups is 1. The van der Waals surface area contributed by atoms with Crippen molar-refractivity contribution in [3.8, 4) is 11.5 Å². The minimum Gasteiger partial charge on any atom is -0.334 e. The number of nitrogens with one attached hydrogen (secondary N) is 2. The Kier molecular flexibility index (Phi) is 5.16. The first-order valence-electron chi connectivity index (χ1n) is 9.51. The SMILES string of the molecule is Cc1ccccc1NC(=O)NCc1c(C)nn(-c2ccccc2)c1-n1cccc1. The van der Waals surface area contributed by atoms with Gasteiger partial charge in [-0.05, 0) is 49.7 Å². The molecular formula is C23H23N5O. The van der Waals surface area contributed by atoms with Crippen LogP contribution in [0.1, 0.15) is 16.8 Å². The molecule has 29 heavy (non-hydrogen) atoms. The Bertz CT molecular complexity index is 1110. The van der Waals surface area contributed by atoms with Crippen molar-refractivity contribution in [2.45, 2.75) is 20.4 Å². The van der Waals surface area contributed by atoms with Crippen LogP contribution in [0.4, 0.5) is 10.5 Å². The van der Waals surface area contributed by atoms with Gasteiger partial charge in [-0.1, -0.05) is 36.4 Å². The zero-order chi connectivity index (χ0) is 20.2. The second-order valence-corrected chi connectivity index (χ2v) is 6.85. The molecule has 4 aromatic rings. The van der Waals surface area contributed by atoms with Crippen LogP contribution in [0.2, 0.25) is 0 Å². The molecule has 6 nitrogen and oxygen atoms in total. The number of amides is 2. The van der Waals surface area contributed by atoms with E-state index in [0.29, 0.717) is 6.54 Å². The average molecular weight is 385 g/mol. The number of rotatable bonds is 5. The molecule has 0 saturated heterocycles. The lowest BCUT2D eigenvalue weighted by Gasteiger charge is -2.13. The normalized spacial score (nSPS) is 10.7. The van der Waals surface area contributed by atoms with E-state index in [2.05, 4.69) is 10.6 Å². The molecule has 0 aliphatic carbocycles. The Labute approximate surface area is 169 Å². The van der Waals surface area contributed by atoms with Gasteiger partial charge in [-0.15, -0.1) is 0 Å². The fraction of sp³-hybridized carbons (Fsp3) is 0.130. The summed E-state index contributed by atoms with van der Waals surface area (Å²) in [5.41, 5.74) is 4.62. The van der Waals surface area contributed by atoms with E-state index in [1.54, 1.807) is 0 Å². The van der Waals surface area contributed by atoms with Gasteiger partial charge in [0.1, 0.15) is 5.82 Å². The van der Waals surface area contributed by atoms with E-state index >= 15 is 0 Å². The molecule has 0 bridgehead atoms. The van der Waals surface area contributed by atoms with Crippen molar-refractivity contribution in [1.82, 2.24) is 19.7 Å². The van der Waals surface area contributed by atoms with E-state index in [4.69, 9.17) is 5.10 Å². The highest BCUT2D eigenvalue weighted by molar-refractivity contribution is 5.90. The standard InChI is InChI=1S/C23H23N5O/c1-17-10-6-7-13-21(17)25-23(29)24-16-20-18(2)26-28(19-11-4-3-5-12-19)22(20)27-14-8-9-15-27/h3-15H,16H2,1-2H3,(H2,24,25,29). The first-order chi connectivity index (χ1) is 14.1. The predicted octanol–water partition coefficient (Wildman–Crippen LogP) is 4.60. The molecule has 0 radical (unpaired) electrons. The first kappa shape index (κ1) is 18.6. The summed E-state index contributed by atoms with van der Waals surface area (Å²) in [5, 5.41) is 10.6. The molecule has 146 valence electrons. The van der Waals surface area contributed by atoms with Crippen molar-refractivity contribution < 1.29 is 4.79 Å². The Morgan fingerprint density at radius 1 is 0.931 bits per heavy atom. The number of carbonyl (C=O) groups excluding carboxylic acids is 1. The Balaban J connectivity index is 1.61. The third-order valence-corrected chi connectivity index (χ3v) is 4.83. The molecule has 0 aliphatic heterocycles. The molecule has 2 amide bonds. The second kappa shape index (κ2) is 8.06. The van der Waals surface area contributed by atoms with Gasteiger partial charge in [0, 0.05) is 23.6 Å². The highest BCUT2D eigenvalue weighted by Crippen LogP contribution is 2.23. The van der Waals surface area contributed by atoms with Gasteiger partial charge in [-0.2, -0.15) is 5.10 Å². The van der Waals surface area contributed by atoms with Crippen molar-refractivity contribution in [3.05, 3.63) is 95.9 Å². The lowest BCUT2D eigenvalue weighted by atomic mass is 10.2. The minimum atomic E-state index is -0.246. The van der Waals surface area contributed by atoms with Gasteiger partial charge in [0.05, 0.1) is 17.9 Å². The quantitative estimate of drug-likeness (QED) is 0.527. The topological polar surface area (TPSA) is 63.9 Å². The molecule has 2 N–H and O–H groups in total. The van der Waals surface area contributed by atoms with Crippen LogP contribution in [0.5, 0.6) is 0 Å². The highest BCUT2D eigenvalue weighted by atomic mass is 16.2. The lowest BCUT2D eigenvalue weighted by molar-refractivity contribution is 0.251. The Hall–Kier alpha value is -3.80. The van der Waals surface area contributed by atoms with Gasteiger partial charge in [0.2, 0.25) is 0 Å². The molecule has 0 spiro atoms. The summed E-state index contributed by atoms with van der Waals surface area (Å²) in [5.74, 6) is 0.912. The van der Waals surface area contributed by atoms with Crippen LogP contribution >= 0.6 is 0 Å². The average Bonchev–Trinajstić information content (AvgIpc) is 3.36. The van der Waals surface area contributed by atoms with E-state index in [1.165, 1.54) is 0 Å². The third kappa shape index (κ3) is 3.91. The van der Waals surface area contributed by atoms with E-state index in [9.17, 15) is 4.79 Å². The molecular weight excluding hydrogens is 362 g/mol. The summed E-state index contributed by atoms with van der Waals surface area (Å²) in [6, 6.07) is 21.4. The van der Waals surface area contributed by atoms with Crippen molar-refractivity contribution >= 4 is 11.7 Å². The Morgan fingerprint density at radius 3 is 2.34 bits per heavy atom. The number of aryl methyl sites for hydroxylation is 2. The summed E-state index contributed by atoms with van der Waals surface area (Å²) in [7, 11) is 0. The number of urea groups is 1. The molecule has 6 heteroatoms. The molecule has 0 saturated carbocycles. The third-order valence-electron chi connectivity index (χ3n) is 4.83. The molecule has 2 aromatic heterocycles. The maximum Gasteiger partial charge on any atom is 0.319 e. The van der Waals surface area contributed by atoms with Crippen molar-refractivity contribution in [2.24, 2.45) is 0 Å². The van der Waals surface area contributed by atoms with Crippen LogP contribution in [-0.2, 0) is 6.54 Å². The first-order valence-corrected chi connectivity index (χ1v) is 9.51. The highest BCUT2D eigenvalue weighted by Gasteiger charge is 2.18. The van der Waals surface area contributed by atoms with Gasteiger partial charge in [0.15, 0.2) is 0 Å². The Morgan fingerprint density at radius 2 is 1.62 bits per heavy atom. The van der Waals surface area contributed by atoms with Crippen LogP contribution < -0.4 is 10.6 Å². The second-order valence-electron chi connectivity index (χ2n) is 6.85. The predicted molar refractivity (Wildman–Crippen MR) is 115 cm³/mol. The van der Waals surface area contributed by atoms with E-state index < -0.39 is 0 Å². The van der Waals surface area contributed by atoms with Crippen LogP contribution in [0.3, 0.4) is 0 Å². The maximum atomic E-state index is 12.5. The fourth-order valence-corrected chi connectivity index (χ4v) is 3.29. The molecule has 2 heterocycles. The van der Waals surface area contributed by atoms with Gasteiger partial charge < -0.3 is 15.2 Å². The molecule has 2 aromatic carbocycles. The monoisotopic (exact) mass is 385 g/mol. The molecule has 0 fully saturated rings. The van der Waals surface area contributed by atoms with Crippen LogP contribution in [0, 0.1) is 13.8 Å². The maximum absolute atomic E-state index is 12.5. The molecule has 4 rings (SSSR count).